The van der Waals surface area contributed by atoms with Crippen molar-refractivity contribution in [2.24, 2.45) is 5.41 Å². The number of carbonyl (C=O) groups is 1. The van der Waals surface area contributed by atoms with Crippen LogP contribution in [0.25, 0.3) is 11.2 Å². The molecule has 1 spiro atoms. The van der Waals surface area contributed by atoms with Gasteiger partial charge in [0.2, 0.25) is 0 Å². The van der Waals surface area contributed by atoms with Gasteiger partial charge in [0.25, 0.3) is 12.3 Å². The number of fused-ring (bicyclic) bond motifs is 1. The highest BCUT2D eigenvalue weighted by Gasteiger charge is 2.46. The van der Waals surface area contributed by atoms with E-state index in [1.54, 1.807) is 11.1 Å². The molecule has 2 aliphatic rings. The zero-order valence-corrected chi connectivity index (χ0v) is 17.8. The number of amides is 1. The third kappa shape index (κ3) is 4.14. The number of halogens is 5. The molecule has 0 radical (unpaired) electrons. The van der Waals surface area contributed by atoms with Gasteiger partial charge in [0, 0.05) is 37.8 Å². The average molecular weight is 481 g/mol. The summed E-state index contributed by atoms with van der Waals surface area (Å²) >= 11 is 0. The van der Waals surface area contributed by atoms with Gasteiger partial charge in [0.15, 0.2) is 5.65 Å². The lowest BCUT2D eigenvalue weighted by Gasteiger charge is -2.54. The lowest BCUT2D eigenvalue weighted by atomic mass is 9.72. The minimum Gasteiger partial charge on any atom is -0.354 e. The molecule has 3 aromatic heterocycles. The molecule has 34 heavy (non-hydrogen) atoms. The summed E-state index contributed by atoms with van der Waals surface area (Å²) in [6, 6.07) is 1.97. The number of nitrogens with zero attached hydrogens (tertiary/aromatic N) is 7. The van der Waals surface area contributed by atoms with E-state index in [9.17, 15) is 26.7 Å². The summed E-state index contributed by atoms with van der Waals surface area (Å²) in [7, 11) is 0. The summed E-state index contributed by atoms with van der Waals surface area (Å²) < 4.78 is 64.8. The first-order chi connectivity index (χ1) is 16.1. The van der Waals surface area contributed by atoms with Crippen molar-refractivity contribution in [1.29, 1.82) is 0 Å². The van der Waals surface area contributed by atoms with Gasteiger partial charge in [-0.3, -0.25) is 9.78 Å². The van der Waals surface area contributed by atoms with Gasteiger partial charge in [-0.25, -0.2) is 23.4 Å². The lowest BCUT2D eigenvalue weighted by Crippen LogP contribution is -2.61. The molecule has 0 bridgehead atoms. The zero-order valence-electron chi connectivity index (χ0n) is 17.8. The summed E-state index contributed by atoms with van der Waals surface area (Å²) in [5.41, 5.74) is -0.158. The molecule has 2 fully saturated rings. The summed E-state index contributed by atoms with van der Waals surface area (Å²) in [6.07, 6.45) is -1.91. The van der Waals surface area contributed by atoms with E-state index >= 15 is 0 Å². The normalized spacial score (nSPS) is 18.1. The number of rotatable bonds is 4. The predicted octanol–water partition coefficient (Wildman–Crippen LogP) is 3.25. The maximum atomic E-state index is 12.8. The quantitative estimate of drug-likeness (QED) is 0.533. The van der Waals surface area contributed by atoms with Crippen LogP contribution in [0.15, 0.2) is 30.7 Å². The SMILES string of the molecule is O=C(c1ccc(C(F)(F)F)cn1)N1CCC2(CC1)CN(c1cnc3cnn(CC(F)F)c3n1)C2. The molecule has 0 N–H and O–H groups in total. The molecule has 8 nitrogen and oxygen atoms in total. The second-order valence-electron chi connectivity index (χ2n) is 8.73. The van der Waals surface area contributed by atoms with E-state index in [0.29, 0.717) is 49.4 Å². The molecule has 3 aromatic rings. The Morgan fingerprint density at radius 1 is 1.06 bits per heavy atom. The maximum absolute atomic E-state index is 12.8. The minimum absolute atomic E-state index is 0.00972. The van der Waals surface area contributed by atoms with Crippen molar-refractivity contribution < 1.29 is 26.7 Å². The van der Waals surface area contributed by atoms with E-state index < -0.39 is 24.7 Å². The molecule has 0 atom stereocenters. The fourth-order valence-corrected chi connectivity index (χ4v) is 4.53. The van der Waals surface area contributed by atoms with Crippen molar-refractivity contribution in [1.82, 2.24) is 29.6 Å². The molecule has 13 heteroatoms. The lowest BCUT2D eigenvalue weighted by molar-refractivity contribution is -0.137. The van der Waals surface area contributed by atoms with Crippen molar-refractivity contribution in [3.8, 4) is 0 Å². The molecular weight excluding hydrogens is 461 g/mol. The van der Waals surface area contributed by atoms with Gasteiger partial charge in [0.05, 0.1) is 18.0 Å². The molecule has 0 aliphatic carbocycles. The van der Waals surface area contributed by atoms with E-state index in [0.717, 1.165) is 29.7 Å². The first-order valence-electron chi connectivity index (χ1n) is 10.7. The van der Waals surface area contributed by atoms with Gasteiger partial charge in [-0.2, -0.15) is 18.3 Å². The molecule has 180 valence electrons. The molecule has 1 amide bonds. The van der Waals surface area contributed by atoms with Gasteiger partial charge in [-0.1, -0.05) is 0 Å². The van der Waals surface area contributed by atoms with E-state index in [-0.39, 0.29) is 17.0 Å². The molecule has 0 unspecified atom stereocenters. The van der Waals surface area contributed by atoms with Crippen molar-refractivity contribution in [3.05, 3.63) is 42.0 Å². The van der Waals surface area contributed by atoms with E-state index in [2.05, 4.69) is 20.1 Å². The predicted molar refractivity (Wildman–Crippen MR) is 110 cm³/mol. The molecule has 2 saturated heterocycles. The monoisotopic (exact) mass is 481 g/mol. The van der Waals surface area contributed by atoms with E-state index in [1.807, 2.05) is 4.90 Å². The van der Waals surface area contributed by atoms with Crippen LogP contribution in [0.3, 0.4) is 0 Å². The zero-order chi connectivity index (χ0) is 24.1. The summed E-state index contributed by atoms with van der Waals surface area (Å²) in [5, 5.41) is 3.92. The second kappa shape index (κ2) is 8.13. The Kier molecular flexibility index (Phi) is 5.36. The highest BCUT2D eigenvalue weighted by Crippen LogP contribution is 2.42. The number of alkyl halides is 5. The summed E-state index contributed by atoms with van der Waals surface area (Å²) in [6.45, 7) is 1.78. The third-order valence-corrected chi connectivity index (χ3v) is 6.44. The van der Waals surface area contributed by atoms with Crippen LogP contribution in [0, 0.1) is 5.41 Å². The number of hydrogen-bond acceptors (Lipinski definition) is 6. The van der Waals surface area contributed by atoms with Crippen molar-refractivity contribution in [2.75, 3.05) is 31.1 Å². The van der Waals surface area contributed by atoms with Gasteiger partial charge in [0.1, 0.15) is 23.6 Å². The number of pyridine rings is 1. The third-order valence-electron chi connectivity index (χ3n) is 6.44. The number of piperidine rings is 1. The minimum atomic E-state index is -4.50. The average Bonchev–Trinajstić information content (AvgIpc) is 3.18. The first-order valence-corrected chi connectivity index (χ1v) is 10.7. The molecule has 0 aromatic carbocycles. The van der Waals surface area contributed by atoms with E-state index in [4.69, 9.17) is 0 Å². The molecule has 5 rings (SSSR count). The van der Waals surface area contributed by atoms with Crippen LogP contribution in [0.1, 0.15) is 28.9 Å². The van der Waals surface area contributed by atoms with Crippen LogP contribution in [-0.4, -0.2) is 68.1 Å². The molecule has 0 saturated carbocycles. The fraction of sp³-hybridized carbons (Fsp3) is 0.476. The maximum Gasteiger partial charge on any atom is 0.417 e. The largest absolute Gasteiger partial charge is 0.417 e. The molecule has 2 aliphatic heterocycles. The molecule has 5 heterocycles. The van der Waals surface area contributed by atoms with Crippen molar-refractivity contribution >= 4 is 22.9 Å². The van der Waals surface area contributed by atoms with Crippen LogP contribution in [-0.2, 0) is 12.7 Å². The Morgan fingerprint density at radius 3 is 2.41 bits per heavy atom. The highest BCUT2D eigenvalue weighted by molar-refractivity contribution is 5.92. The molecular formula is C21H20F5N7O. The van der Waals surface area contributed by atoms with Crippen LogP contribution >= 0.6 is 0 Å². The van der Waals surface area contributed by atoms with Crippen molar-refractivity contribution in [2.45, 2.75) is 32.0 Å². The van der Waals surface area contributed by atoms with Gasteiger partial charge < -0.3 is 9.80 Å². The number of aromatic nitrogens is 5. The van der Waals surface area contributed by atoms with Gasteiger partial charge in [-0.15, -0.1) is 0 Å². The Bertz CT molecular complexity index is 1190. The summed E-state index contributed by atoms with van der Waals surface area (Å²) in [5.74, 6) is 0.199. The Balaban J connectivity index is 1.20. The van der Waals surface area contributed by atoms with Crippen LogP contribution in [0.2, 0.25) is 0 Å². The second-order valence-corrected chi connectivity index (χ2v) is 8.73. The number of hydrogen-bond donors (Lipinski definition) is 0. The Morgan fingerprint density at radius 2 is 1.79 bits per heavy atom. The van der Waals surface area contributed by atoms with E-state index in [1.165, 1.54) is 6.20 Å². The number of anilines is 1. The fourth-order valence-electron chi connectivity index (χ4n) is 4.53. The van der Waals surface area contributed by atoms with Crippen molar-refractivity contribution in [3.63, 3.8) is 0 Å². The van der Waals surface area contributed by atoms with Gasteiger partial charge >= 0.3 is 6.18 Å². The van der Waals surface area contributed by atoms with Gasteiger partial charge in [-0.05, 0) is 25.0 Å². The standard InChI is InChI=1S/C21H20F5N7O/c22-16(23)10-33-18-15(8-29-33)28-9-17(30-18)32-11-20(12-32)3-5-31(6-4-20)19(34)14-2-1-13(7-27-14)21(24,25)26/h1-2,7-9,16H,3-6,10-12H2. The van der Waals surface area contributed by atoms with Crippen LogP contribution in [0.5, 0.6) is 0 Å². The smallest absolute Gasteiger partial charge is 0.354 e. The first kappa shape index (κ1) is 22.4. The Hall–Kier alpha value is -3.38. The van der Waals surface area contributed by atoms with Crippen LogP contribution < -0.4 is 4.90 Å². The number of likely N-dealkylation sites (tertiary alicyclic amines) is 1. The highest BCUT2D eigenvalue weighted by atomic mass is 19.4. The number of carbonyl (C=O) groups excluding carboxylic acids is 1. The van der Waals surface area contributed by atoms with Crippen LogP contribution in [0.4, 0.5) is 27.8 Å². The summed E-state index contributed by atoms with van der Waals surface area (Å²) in [4.78, 5) is 28.7. The Labute approximate surface area is 190 Å². The topological polar surface area (TPSA) is 80.0 Å².